The van der Waals surface area contributed by atoms with E-state index >= 15 is 0 Å². The van der Waals surface area contributed by atoms with Gasteiger partial charge < -0.3 is 9.47 Å². The maximum Gasteiger partial charge on any atom is 0.158 e. The maximum absolute atomic E-state index is 5.59. The summed E-state index contributed by atoms with van der Waals surface area (Å²) in [5.41, 5.74) is 0.496. The molecule has 20 heavy (non-hydrogen) atoms. The summed E-state index contributed by atoms with van der Waals surface area (Å²) in [6.07, 6.45) is 4.25. The molecule has 0 aromatic rings. The normalized spacial score (nSPS) is 19.4. The summed E-state index contributed by atoms with van der Waals surface area (Å²) in [5, 5.41) is 0. The molecule has 1 unspecified atom stereocenters. The Morgan fingerprint density at radius 2 is 1.70 bits per heavy atom. The first kappa shape index (κ1) is 19.5. The standard InChI is InChI=1S/C16H28O2.C2H6/c1-15(2,3)16(4,5)11-7-9-13-18-14-10-6-8-12-17-14;1-2/h14H,6,8,10-13H2,1-5H3;1-2H3. The zero-order valence-corrected chi connectivity index (χ0v) is 14.6. The number of ether oxygens (including phenoxy) is 2. The van der Waals surface area contributed by atoms with Crippen LogP contribution in [0.25, 0.3) is 0 Å². The van der Waals surface area contributed by atoms with E-state index in [1.165, 1.54) is 6.42 Å². The molecule has 1 heterocycles. The van der Waals surface area contributed by atoms with Gasteiger partial charge in [0.2, 0.25) is 0 Å². The van der Waals surface area contributed by atoms with Gasteiger partial charge in [-0.1, -0.05) is 54.4 Å². The Hall–Kier alpha value is -0.520. The van der Waals surface area contributed by atoms with Crippen LogP contribution < -0.4 is 0 Å². The van der Waals surface area contributed by atoms with E-state index in [9.17, 15) is 0 Å². The summed E-state index contributed by atoms with van der Waals surface area (Å²) in [5.74, 6) is 6.35. The minimum Gasteiger partial charge on any atom is -0.353 e. The van der Waals surface area contributed by atoms with E-state index in [2.05, 4.69) is 46.5 Å². The minimum absolute atomic E-state index is 0.0244. The lowest BCUT2D eigenvalue weighted by molar-refractivity contribution is -0.154. The molecule has 2 heteroatoms. The molecule has 0 aliphatic carbocycles. The van der Waals surface area contributed by atoms with Gasteiger partial charge in [-0.15, -0.1) is 5.92 Å². The number of rotatable bonds is 3. The molecule has 2 nitrogen and oxygen atoms in total. The second kappa shape index (κ2) is 9.42. The van der Waals surface area contributed by atoms with E-state index in [0.717, 1.165) is 25.9 Å². The Bertz CT molecular complexity index is 296. The van der Waals surface area contributed by atoms with Gasteiger partial charge in [-0.05, 0) is 30.1 Å². The Morgan fingerprint density at radius 1 is 1.05 bits per heavy atom. The van der Waals surface area contributed by atoms with Gasteiger partial charge in [0.1, 0.15) is 6.61 Å². The third-order valence-corrected chi connectivity index (χ3v) is 4.16. The van der Waals surface area contributed by atoms with E-state index < -0.39 is 0 Å². The molecule has 1 fully saturated rings. The van der Waals surface area contributed by atoms with E-state index in [1.807, 2.05) is 13.8 Å². The molecular weight excluding hydrogens is 248 g/mol. The minimum atomic E-state index is -0.0244. The second-order valence-electron chi connectivity index (χ2n) is 6.77. The van der Waals surface area contributed by atoms with Gasteiger partial charge in [0.25, 0.3) is 0 Å². The Labute approximate surface area is 126 Å². The summed E-state index contributed by atoms with van der Waals surface area (Å²) >= 11 is 0. The molecule has 1 rings (SSSR count). The fourth-order valence-electron chi connectivity index (χ4n) is 1.58. The topological polar surface area (TPSA) is 18.5 Å². The van der Waals surface area contributed by atoms with Crippen molar-refractivity contribution in [2.45, 2.75) is 80.4 Å². The average Bonchev–Trinajstić information content (AvgIpc) is 2.40. The zero-order valence-electron chi connectivity index (χ0n) is 14.6. The zero-order chi connectivity index (χ0) is 15.6. The fourth-order valence-corrected chi connectivity index (χ4v) is 1.58. The van der Waals surface area contributed by atoms with Crippen molar-refractivity contribution >= 4 is 0 Å². The lowest BCUT2D eigenvalue weighted by Crippen LogP contribution is -2.29. The van der Waals surface area contributed by atoms with Crippen LogP contribution in [0.3, 0.4) is 0 Å². The van der Waals surface area contributed by atoms with E-state index in [4.69, 9.17) is 9.47 Å². The third-order valence-electron chi connectivity index (χ3n) is 4.16. The van der Waals surface area contributed by atoms with Crippen molar-refractivity contribution in [1.29, 1.82) is 0 Å². The van der Waals surface area contributed by atoms with Crippen LogP contribution >= 0.6 is 0 Å². The molecule has 1 atom stereocenters. The Morgan fingerprint density at radius 3 is 2.20 bits per heavy atom. The highest BCUT2D eigenvalue weighted by Crippen LogP contribution is 2.40. The molecule has 0 aromatic heterocycles. The monoisotopic (exact) mass is 282 g/mol. The van der Waals surface area contributed by atoms with Crippen molar-refractivity contribution in [3.05, 3.63) is 0 Å². The van der Waals surface area contributed by atoms with Crippen LogP contribution in [-0.2, 0) is 9.47 Å². The highest BCUT2D eigenvalue weighted by Gasteiger charge is 2.31. The van der Waals surface area contributed by atoms with E-state index in [0.29, 0.717) is 6.61 Å². The quantitative estimate of drug-likeness (QED) is 0.677. The molecule has 0 amide bonds. The van der Waals surface area contributed by atoms with Gasteiger partial charge in [0, 0.05) is 13.0 Å². The molecule has 0 bridgehead atoms. The number of hydrogen-bond acceptors (Lipinski definition) is 2. The highest BCUT2D eigenvalue weighted by atomic mass is 16.7. The van der Waals surface area contributed by atoms with Crippen molar-refractivity contribution in [3.8, 4) is 11.8 Å². The summed E-state index contributed by atoms with van der Waals surface area (Å²) in [6.45, 7) is 16.7. The van der Waals surface area contributed by atoms with Gasteiger partial charge >= 0.3 is 0 Å². The van der Waals surface area contributed by atoms with Crippen molar-refractivity contribution in [1.82, 2.24) is 0 Å². The van der Waals surface area contributed by atoms with Crippen LogP contribution in [0.1, 0.15) is 74.1 Å². The molecule has 1 saturated heterocycles. The van der Waals surface area contributed by atoms with Crippen LogP contribution in [0.5, 0.6) is 0 Å². The van der Waals surface area contributed by atoms with E-state index in [-0.39, 0.29) is 17.1 Å². The van der Waals surface area contributed by atoms with Gasteiger partial charge in [0.15, 0.2) is 6.29 Å². The van der Waals surface area contributed by atoms with E-state index in [1.54, 1.807) is 0 Å². The molecule has 0 aromatic carbocycles. The summed E-state index contributed by atoms with van der Waals surface area (Å²) in [7, 11) is 0. The second-order valence-corrected chi connectivity index (χ2v) is 6.77. The Balaban J connectivity index is 0.00000172. The van der Waals surface area contributed by atoms with Crippen LogP contribution in [0.15, 0.2) is 0 Å². The molecule has 1 aliphatic heterocycles. The smallest absolute Gasteiger partial charge is 0.158 e. The largest absolute Gasteiger partial charge is 0.353 e. The SMILES string of the molecule is CC.CC(C)(C)C(C)(C)CC#CCOC1CCCCO1. The van der Waals surface area contributed by atoms with Crippen molar-refractivity contribution < 1.29 is 9.47 Å². The molecule has 1 aliphatic rings. The Kier molecular flexibility index (Phi) is 9.18. The average molecular weight is 282 g/mol. The van der Waals surface area contributed by atoms with Crippen molar-refractivity contribution in [3.63, 3.8) is 0 Å². The first-order chi connectivity index (χ1) is 9.33. The first-order valence-electron chi connectivity index (χ1n) is 8.02. The van der Waals surface area contributed by atoms with Crippen LogP contribution in [-0.4, -0.2) is 19.5 Å². The summed E-state index contributed by atoms with van der Waals surface area (Å²) in [4.78, 5) is 0. The lowest BCUT2D eigenvalue weighted by Gasteiger charge is -2.37. The van der Waals surface area contributed by atoms with Gasteiger partial charge in [-0.3, -0.25) is 0 Å². The molecule has 0 spiro atoms. The molecule has 0 radical (unpaired) electrons. The van der Waals surface area contributed by atoms with Crippen LogP contribution in [0.2, 0.25) is 0 Å². The fraction of sp³-hybridized carbons (Fsp3) is 0.889. The van der Waals surface area contributed by atoms with Gasteiger partial charge in [-0.2, -0.15) is 0 Å². The summed E-state index contributed by atoms with van der Waals surface area (Å²) < 4.78 is 11.1. The highest BCUT2D eigenvalue weighted by molar-refractivity contribution is 5.04. The van der Waals surface area contributed by atoms with Crippen molar-refractivity contribution in [2.24, 2.45) is 10.8 Å². The molecule has 0 saturated carbocycles. The third kappa shape index (κ3) is 7.31. The van der Waals surface area contributed by atoms with Crippen molar-refractivity contribution in [2.75, 3.05) is 13.2 Å². The molecule has 118 valence electrons. The predicted octanol–water partition coefficient (Wildman–Crippen LogP) is 5.02. The van der Waals surface area contributed by atoms with Crippen LogP contribution in [0, 0.1) is 22.7 Å². The lowest BCUT2D eigenvalue weighted by atomic mass is 9.67. The number of hydrogen-bond donors (Lipinski definition) is 0. The van der Waals surface area contributed by atoms with Gasteiger partial charge in [0.05, 0.1) is 0 Å². The maximum atomic E-state index is 5.59. The summed E-state index contributed by atoms with van der Waals surface area (Å²) in [6, 6.07) is 0. The predicted molar refractivity (Wildman–Crippen MR) is 86.5 cm³/mol. The first-order valence-corrected chi connectivity index (χ1v) is 8.02. The molecule has 0 N–H and O–H groups in total. The van der Waals surface area contributed by atoms with Crippen LogP contribution in [0.4, 0.5) is 0 Å². The molecular formula is C18H34O2. The van der Waals surface area contributed by atoms with Gasteiger partial charge in [-0.25, -0.2) is 0 Å².